The Labute approximate surface area is 111 Å². The molecule has 0 bridgehead atoms. The molecule has 0 aliphatic heterocycles. The molecule has 1 aromatic heterocycles. The molecule has 100 valence electrons. The summed E-state index contributed by atoms with van der Waals surface area (Å²) in [5, 5.41) is 15.8. The molecule has 0 saturated heterocycles. The summed E-state index contributed by atoms with van der Waals surface area (Å²) < 4.78 is 1.48. The zero-order valence-electron chi connectivity index (χ0n) is 10.8. The number of rotatable bonds is 5. The molecule has 0 saturated carbocycles. The number of aliphatic hydroxyl groups is 1. The molecule has 0 atom stereocenters. The fourth-order valence-electron chi connectivity index (χ4n) is 1.87. The van der Waals surface area contributed by atoms with E-state index in [1.54, 1.807) is 13.1 Å². The average molecular weight is 259 g/mol. The van der Waals surface area contributed by atoms with Crippen molar-refractivity contribution in [3.63, 3.8) is 0 Å². The van der Waals surface area contributed by atoms with Crippen LogP contribution in [0, 0.1) is 0 Å². The van der Waals surface area contributed by atoms with Crippen LogP contribution >= 0.6 is 0 Å². The van der Waals surface area contributed by atoms with Crippen molar-refractivity contribution in [3.8, 4) is 0 Å². The van der Waals surface area contributed by atoms with Crippen LogP contribution in [0.4, 0.5) is 0 Å². The first-order valence-corrected chi connectivity index (χ1v) is 6.16. The highest BCUT2D eigenvalue weighted by Gasteiger charge is 2.12. The number of nitrogens with one attached hydrogen (secondary N) is 1. The van der Waals surface area contributed by atoms with E-state index in [1.807, 2.05) is 30.3 Å². The molecule has 0 aliphatic carbocycles. The summed E-state index contributed by atoms with van der Waals surface area (Å²) in [6, 6.07) is 11.6. The Balaban J connectivity index is 1.89. The summed E-state index contributed by atoms with van der Waals surface area (Å²) in [7, 11) is 1.69. The number of nitrogens with zero attached hydrogens (tertiary/aromatic N) is 2. The SMILES string of the molecule is Cn1nc(CO)cc1C(=O)NCCc1ccccc1. The minimum Gasteiger partial charge on any atom is -0.390 e. The third kappa shape index (κ3) is 3.42. The fourth-order valence-corrected chi connectivity index (χ4v) is 1.87. The van der Waals surface area contributed by atoms with Crippen molar-refractivity contribution in [3.05, 3.63) is 53.3 Å². The Kier molecular flexibility index (Phi) is 4.30. The minimum atomic E-state index is -0.175. The van der Waals surface area contributed by atoms with E-state index in [0.29, 0.717) is 17.9 Å². The topological polar surface area (TPSA) is 67.1 Å². The van der Waals surface area contributed by atoms with Gasteiger partial charge in [-0.25, -0.2) is 0 Å². The van der Waals surface area contributed by atoms with Crippen LogP contribution in [0.25, 0.3) is 0 Å². The highest BCUT2D eigenvalue weighted by molar-refractivity contribution is 5.92. The number of benzene rings is 1. The Bertz CT molecular complexity index is 549. The number of hydrogen-bond donors (Lipinski definition) is 2. The lowest BCUT2D eigenvalue weighted by atomic mass is 10.1. The standard InChI is InChI=1S/C14H17N3O2/c1-17-13(9-12(10-18)16-17)14(19)15-8-7-11-5-3-2-4-6-11/h2-6,9,18H,7-8,10H2,1H3,(H,15,19). The maximum absolute atomic E-state index is 11.9. The van der Waals surface area contributed by atoms with Crippen LogP contribution in [-0.2, 0) is 20.1 Å². The molecule has 0 unspecified atom stereocenters. The lowest BCUT2D eigenvalue weighted by Crippen LogP contribution is -2.27. The largest absolute Gasteiger partial charge is 0.390 e. The smallest absolute Gasteiger partial charge is 0.269 e. The molecule has 0 spiro atoms. The van der Waals surface area contributed by atoms with Crippen LogP contribution in [0.1, 0.15) is 21.7 Å². The fraction of sp³-hybridized carbons (Fsp3) is 0.286. The monoisotopic (exact) mass is 259 g/mol. The summed E-state index contributed by atoms with van der Waals surface area (Å²) in [4.78, 5) is 11.9. The van der Waals surface area contributed by atoms with E-state index < -0.39 is 0 Å². The second-order valence-corrected chi connectivity index (χ2v) is 4.29. The predicted octanol–water partition coefficient (Wildman–Crippen LogP) is 0.885. The van der Waals surface area contributed by atoms with Gasteiger partial charge in [-0.3, -0.25) is 9.48 Å². The molecule has 1 amide bonds. The molecule has 0 radical (unpaired) electrons. The number of carbonyl (C=O) groups excluding carboxylic acids is 1. The van der Waals surface area contributed by atoms with Gasteiger partial charge >= 0.3 is 0 Å². The number of aromatic nitrogens is 2. The molecule has 0 fully saturated rings. The third-order valence-corrected chi connectivity index (χ3v) is 2.87. The van der Waals surface area contributed by atoms with Gasteiger partial charge in [0.1, 0.15) is 5.69 Å². The molecule has 1 aromatic carbocycles. The van der Waals surface area contributed by atoms with Gasteiger partial charge < -0.3 is 10.4 Å². The van der Waals surface area contributed by atoms with E-state index in [1.165, 1.54) is 10.2 Å². The van der Waals surface area contributed by atoms with Crippen LogP contribution in [0.15, 0.2) is 36.4 Å². The van der Waals surface area contributed by atoms with Gasteiger partial charge in [-0.15, -0.1) is 0 Å². The van der Waals surface area contributed by atoms with Crippen molar-refractivity contribution in [2.75, 3.05) is 6.54 Å². The first-order valence-electron chi connectivity index (χ1n) is 6.16. The van der Waals surface area contributed by atoms with Crippen molar-refractivity contribution >= 4 is 5.91 Å². The number of carbonyl (C=O) groups is 1. The molecule has 2 aromatic rings. The molecular weight excluding hydrogens is 242 g/mol. The summed E-state index contributed by atoms with van der Waals surface area (Å²) in [5.74, 6) is -0.175. The summed E-state index contributed by atoms with van der Waals surface area (Å²) in [6.45, 7) is 0.410. The zero-order chi connectivity index (χ0) is 13.7. The van der Waals surface area contributed by atoms with E-state index in [0.717, 1.165) is 6.42 Å². The van der Waals surface area contributed by atoms with Gasteiger partial charge in [0.05, 0.1) is 12.3 Å². The van der Waals surface area contributed by atoms with Crippen molar-refractivity contribution < 1.29 is 9.90 Å². The lowest BCUT2D eigenvalue weighted by Gasteiger charge is -2.05. The molecule has 5 heteroatoms. The van der Waals surface area contributed by atoms with Crippen molar-refractivity contribution in [1.29, 1.82) is 0 Å². The van der Waals surface area contributed by atoms with Gasteiger partial charge in [0, 0.05) is 13.6 Å². The van der Waals surface area contributed by atoms with Crippen LogP contribution in [0.3, 0.4) is 0 Å². The molecule has 5 nitrogen and oxygen atoms in total. The number of amides is 1. The maximum atomic E-state index is 11.9. The normalized spacial score (nSPS) is 10.4. The first-order chi connectivity index (χ1) is 9.20. The predicted molar refractivity (Wildman–Crippen MR) is 71.6 cm³/mol. The van der Waals surface area contributed by atoms with Crippen LogP contribution in [0.5, 0.6) is 0 Å². The minimum absolute atomic E-state index is 0.162. The quantitative estimate of drug-likeness (QED) is 0.837. The van der Waals surface area contributed by atoms with E-state index >= 15 is 0 Å². The third-order valence-electron chi connectivity index (χ3n) is 2.87. The summed E-state index contributed by atoms with van der Waals surface area (Å²) >= 11 is 0. The van der Waals surface area contributed by atoms with Gasteiger partial charge in [-0.1, -0.05) is 30.3 Å². The van der Waals surface area contributed by atoms with Crippen LogP contribution in [0.2, 0.25) is 0 Å². The Morgan fingerprint density at radius 2 is 2.11 bits per heavy atom. The molecule has 1 heterocycles. The maximum Gasteiger partial charge on any atom is 0.269 e. The molecule has 2 N–H and O–H groups in total. The van der Waals surface area contributed by atoms with Crippen LogP contribution in [-0.4, -0.2) is 27.3 Å². The number of aryl methyl sites for hydroxylation is 1. The van der Waals surface area contributed by atoms with Gasteiger partial charge in [-0.05, 0) is 18.1 Å². The Hall–Kier alpha value is -2.14. The molecular formula is C14H17N3O2. The Morgan fingerprint density at radius 3 is 2.74 bits per heavy atom. The lowest BCUT2D eigenvalue weighted by molar-refractivity contribution is 0.0944. The Morgan fingerprint density at radius 1 is 1.37 bits per heavy atom. The number of aliphatic hydroxyl groups excluding tert-OH is 1. The van der Waals surface area contributed by atoms with Crippen LogP contribution < -0.4 is 5.32 Å². The average Bonchev–Trinajstić information content (AvgIpc) is 2.81. The van der Waals surface area contributed by atoms with E-state index in [-0.39, 0.29) is 12.5 Å². The first kappa shape index (κ1) is 13.3. The highest BCUT2D eigenvalue weighted by Crippen LogP contribution is 2.03. The van der Waals surface area contributed by atoms with E-state index in [9.17, 15) is 4.79 Å². The summed E-state index contributed by atoms with van der Waals surface area (Å²) in [5.41, 5.74) is 2.14. The number of hydrogen-bond acceptors (Lipinski definition) is 3. The van der Waals surface area contributed by atoms with Crippen molar-refractivity contribution in [2.24, 2.45) is 7.05 Å². The molecule has 0 aliphatic rings. The van der Waals surface area contributed by atoms with Crippen molar-refractivity contribution in [2.45, 2.75) is 13.0 Å². The van der Waals surface area contributed by atoms with Gasteiger partial charge in [0.15, 0.2) is 0 Å². The van der Waals surface area contributed by atoms with Gasteiger partial charge in [-0.2, -0.15) is 5.10 Å². The zero-order valence-corrected chi connectivity index (χ0v) is 10.8. The molecule has 2 rings (SSSR count). The van der Waals surface area contributed by atoms with E-state index in [4.69, 9.17) is 5.11 Å². The highest BCUT2D eigenvalue weighted by atomic mass is 16.3. The second-order valence-electron chi connectivity index (χ2n) is 4.29. The van der Waals surface area contributed by atoms with Crippen molar-refractivity contribution in [1.82, 2.24) is 15.1 Å². The van der Waals surface area contributed by atoms with E-state index in [2.05, 4.69) is 10.4 Å². The molecule has 19 heavy (non-hydrogen) atoms. The summed E-state index contributed by atoms with van der Waals surface area (Å²) in [6.07, 6.45) is 0.789. The second kappa shape index (κ2) is 6.15. The van der Waals surface area contributed by atoms with Gasteiger partial charge in [0.2, 0.25) is 0 Å². The van der Waals surface area contributed by atoms with Gasteiger partial charge in [0.25, 0.3) is 5.91 Å².